The van der Waals surface area contributed by atoms with Crippen molar-refractivity contribution < 1.29 is 18.6 Å². The topological polar surface area (TPSA) is 31.0 Å². The summed E-state index contributed by atoms with van der Waals surface area (Å²) in [5.74, 6) is -0.219. The summed E-state index contributed by atoms with van der Waals surface area (Å²) in [5, 5.41) is 0. The maximum absolute atomic E-state index is 13.6. The van der Waals surface area contributed by atoms with Crippen LogP contribution in [0.3, 0.4) is 0 Å². The monoisotopic (exact) mass is 264 g/mol. The van der Waals surface area contributed by atoms with Crippen LogP contribution in [0.25, 0.3) is 0 Å². The van der Waals surface area contributed by atoms with Gasteiger partial charge >= 0.3 is 0 Å². The van der Waals surface area contributed by atoms with Crippen molar-refractivity contribution >= 4 is 0 Å². The van der Waals surface area contributed by atoms with Crippen LogP contribution in [-0.2, 0) is 20.8 Å². The second kappa shape index (κ2) is 3.57. The van der Waals surface area contributed by atoms with Crippen molar-refractivity contribution in [2.45, 2.75) is 56.4 Å². The summed E-state index contributed by atoms with van der Waals surface area (Å²) in [5.41, 5.74) is -0.00318. The molecule has 1 aromatic rings. The molecule has 3 aliphatic heterocycles. The van der Waals surface area contributed by atoms with Gasteiger partial charge < -0.3 is 14.2 Å². The van der Waals surface area contributed by atoms with Crippen LogP contribution in [0.2, 0.25) is 0 Å². The van der Waals surface area contributed by atoms with Gasteiger partial charge in [0.1, 0.15) is 23.6 Å². The molecule has 2 bridgehead atoms. The first-order chi connectivity index (χ1) is 9.03. The molecule has 5 unspecified atom stereocenters. The highest BCUT2D eigenvalue weighted by Gasteiger charge is 2.77. The molecular weight excluding hydrogens is 247 g/mol. The molecule has 4 rings (SSSR count). The summed E-state index contributed by atoms with van der Waals surface area (Å²) in [6.07, 6.45) is 1.17. The Morgan fingerprint density at radius 3 is 2.79 bits per heavy atom. The van der Waals surface area contributed by atoms with Crippen molar-refractivity contribution in [3.8, 4) is 0 Å². The van der Waals surface area contributed by atoms with Gasteiger partial charge in [0.05, 0.1) is 18.3 Å². The fraction of sp³-hybridized carbons (Fsp3) is 0.600. The first kappa shape index (κ1) is 11.8. The van der Waals surface area contributed by atoms with Crippen LogP contribution in [0.5, 0.6) is 0 Å². The van der Waals surface area contributed by atoms with Crippen LogP contribution >= 0.6 is 0 Å². The van der Waals surface area contributed by atoms with Crippen molar-refractivity contribution in [3.63, 3.8) is 0 Å². The Kier molecular flexibility index (Phi) is 2.22. The van der Waals surface area contributed by atoms with Gasteiger partial charge in [0.2, 0.25) is 0 Å². The Hall–Kier alpha value is -0.970. The summed E-state index contributed by atoms with van der Waals surface area (Å²) in [7, 11) is 0. The third kappa shape index (κ3) is 1.54. The van der Waals surface area contributed by atoms with Crippen LogP contribution in [0, 0.1) is 5.82 Å². The maximum atomic E-state index is 13.6. The highest BCUT2D eigenvalue weighted by molar-refractivity contribution is 5.25. The molecule has 3 fully saturated rings. The van der Waals surface area contributed by atoms with Crippen LogP contribution in [0.15, 0.2) is 24.3 Å². The Bertz CT molecular complexity index is 534. The summed E-state index contributed by atoms with van der Waals surface area (Å²) in [6.45, 7) is 4.40. The van der Waals surface area contributed by atoms with Crippen LogP contribution in [-0.4, -0.2) is 29.5 Å². The lowest BCUT2D eigenvalue weighted by atomic mass is 9.82. The number of epoxide rings is 1. The number of rotatable bonds is 3. The second-order valence-corrected chi connectivity index (χ2v) is 6.17. The third-order valence-electron chi connectivity index (χ3n) is 4.74. The standard InChI is InChI=1S/C15H17FO3/c1-14-7-11(15(2,19-14)13-12(14)18-13)17-8-9-5-3-4-6-10(9)16/h3-6,11-13H,7-8H2,1-2H3. The molecule has 102 valence electrons. The molecule has 1 aromatic carbocycles. The van der Waals surface area contributed by atoms with Crippen molar-refractivity contribution in [3.05, 3.63) is 35.6 Å². The minimum Gasteiger partial charge on any atom is -0.370 e. The average Bonchev–Trinajstić information content (AvgIpc) is 3.09. The molecule has 3 saturated heterocycles. The maximum Gasteiger partial charge on any atom is 0.128 e. The molecule has 19 heavy (non-hydrogen) atoms. The van der Waals surface area contributed by atoms with Gasteiger partial charge in [-0.3, -0.25) is 0 Å². The lowest BCUT2D eigenvalue weighted by Gasteiger charge is -2.27. The molecule has 0 aromatic heterocycles. The number of ether oxygens (including phenoxy) is 3. The van der Waals surface area contributed by atoms with Gasteiger partial charge in [-0.25, -0.2) is 4.39 Å². The van der Waals surface area contributed by atoms with Gasteiger partial charge in [-0.15, -0.1) is 0 Å². The molecule has 0 saturated carbocycles. The molecule has 3 aliphatic rings. The van der Waals surface area contributed by atoms with E-state index in [0.29, 0.717) is 5.56 Å². The van der Waals surface area contributed by atoms with Crippen LogP contribution < -0.4 is 0 Å². The molecule has 3 heterocycles. The minimum absolute atomic E-state index is 0.0270. The summed E-state index contributed by atoms with van der Waals surface area (Å²) in [6, 6.07) is 6.72. The van der Waals surface area contributed by atoms with E-state index >= 15 is 0 Å². The van der Waals surface area contributed by atoms with Crippen molar-refractivity contribution in [2.75, 3.05) is 0 Å². The molecule has 4 heteroatoms. The number of hydrogen-bond acceptors (Lipinski definition) is 3. The van der Waals surface area contributed by atoms with Crippen molar-refractivity contribution in [1.29, 1.82) is 0 Å². The molecule has 0 amide bonds. The zero-order chi connectivity index (χ0) is 13.3. The summed E-state index contributed by atoms with van der Waals surface area (Å²) < 4.78 is 31.3. The quantitative estimate of drug-likeness (QED) is 0.786. The van der Waals surface area contributed by atoms with Gasteiger partial charge in [-0.2, -0.15) is 0 Å². The Labute approximate surface area is 111 Å². The number of benzene rings is 1. The van der Waals surface area contributed by atoms with E-state index in [1.54, 1.807) is 12.1 Å². The van der Waals surface area contributed by atoms with E-state index in [1.165, 1.54) is 6.07 Å². The molecular formula is C15H17FO3. The largest absolute Gasteiger partial charge is 0.370 e. The first-order valence-electron chi connectivity index (χ1n) is 6.74. The molecule has 0 spiro atoms. The summed E-state index contributed by atoms with van der Waals surface area (Å²) in [4.78, 5) is 0. The number of fused-ring (bicyclic) bond motifs is 5. The predicted octanol–water partition coefficient (Wildman–Crippen LogP) is 2.43. The minimum atomic E-state index is -0.370. The fourth-order valence-corrected chi connectivity index (χ4v) is 3.64. The van der Waals surface area contributed by atoms with E-state index in [0.717, 1.165) is 6.42 Å². The first-order valence-corrected chi connectivity index (χ1v) is 6.74. The Morgan fingerprint density at radius 2 is 2.11 bits per heavy atom. The lowest BCUT2D eigenvalue weighted by Crippen LogP contribution is -2.43. The molecule has 0 N–H and O–H groups in total. The van der Waals surface area contributed by atoms with Crippen LogP contribution in [0.1, 0.15) is 25.8 Å². The van der Waals surface area contributed by atoms with E-state index in [1.807, 2.05) is 13.0 Å². The predicted molar refractivity (Wildman–Crippen MR) is 66.2 cm³/mol. The average molecular weight is 264 g/mol. The zero-order valence-electron chi connectivity index (χ0n) is 11.1. The molecule has 0 aliphatic carbocycles. The summed E-state index contributed by atoms with van der Waals surface area (Å²) >= 11 is 0. The van der Waals surface area contributed by atoms with E-state index in [2.05, 4.69) is 6.92 Å². The molecule has 0 radical (unpaired) electrons. The SMILES string of the molecule is CC12CC(OCc3ccccc3F)C(C)(O1)C1OC12. The van der Waals surface area contributed by atoms with Gasteiger partial charge in [0, 0.05) is 12.0 Å². The Morgan fingerprint density at radius 1 is 1.32 bits per heavy atom. The van der Waals surface area contributed by atoms with E-state index in [4.69, 9.17) is 14.2 Å². The van der Waals surface area contributed by atoms with E-state index < -0.39 is 0 Å². The van der Waals surface area contributed by atoms with E-state index in [9.17, 15) is 4.39 Å². The molecule has 5 atom stereocenters. The fourth-order valence-electron chi connectivity index (χ4n) is 3.64. The third-order valence-corrected chi connectivity index (χ3v) is 4.74. The number of halogens is 1. The van der Waals surface area contributed by atoms with Crippen molar-refractivity contribution in [1.82, 2.24) is 0 Å². The van der Waals surface area contributed by atoms with Crippen molar-refractivity contribution in [2.24, 2.45) is 0 Å². The highest BCUT2D eigenvalue weighted by atomic mass is 19.1. The molecule has 3 nitrogen and oxygen atoms in total. The highest BCUT2D eigenvalue weighted by Crippen LogP contribution is 2.61. The normalized spacial score (nSPS) is 46.4. The van der Waals surface area contributed by atoms with Gasteiger partial charge in [-0.1, -0.05) is 18.2 Å². The van der Waals surface area contributed by atoms with Gasteiger partial charge in [0.15, 0.2) is 0 Å². The van der Waals surface area contributed by atoms with Gasteiger partial charge in [-0.05, 0) is 19.9 Å². The smallest absolute Gasteiger partial charge is 0.128 e. The Balaban J connectivity index is 1.49. The second-order valence-electron chi connectivity index (χ2n) is 6.17. The lowest BCUT2D eigenvalue weighted by molar-refractivity contribution is -0.128. The van der Waals surface area contributed by atoms with Crippen LogP contribution in [0.4, 0.5) is 4.39 Å². The number of hydrogen-bond donors (Lipinski definition) is 0. The van der Waals surface area contributed by atoms with E-state index in [-0.39, 0.29) is 41.9 Å². The zero-order valence-corrected chi connectivity index (χ0v) is 11.1. The van der Waals surface area contributed by atoms with Gasteiger partial charge in [0.25, 0.3) is 0 Å².